The van der Waals surface area contributed by atoms with Crippen molar-refractivity contribution in [2.75, 3.05) is 19.6 Å². The van der Waals surface area contributed by atoms with Gasteiger partial charge in [0, 0.05) is 40.8 Å². The first-order chi connectivity index (χ1) is 20.0. The van der Waals surface area contributed by atoms with Gasteiger partial charge in [0.25, 0.3) is 0 Å². The Morgan fingerprint density at radius 2 is 1.98 bits per heavy atom. The van der Waals surface area contributed by atoms with Gasteiger partial charge in [-0.1, -0.05) is 12.6 Å². The first kappa shape index (κ1) is 26.8. The number of aromatic nitrogens is 5. The fourth-order valence-corrected chi connectivity index (χ4v) is 5.74. The zero-order chi connectivity index (χ0) is 28.3. The number of aliphatic imine (C=N–C) groups is 1. The third kappa shape index (κ3) is 5.60. The van der Waals surface area contributed by atoms with Crippen LogP contribution in [-0.2, 0) is 6.42 Å². The number of pyridine rings is 1. The molecule has 6 rings (SSSR count). The van der Waals surface area contributed by atoms with Gasteiger partial charge in [-0.3, -0.25) is 15.1 Å². The smallest absolute Gasteiger partial charge is 0.159 e. The van der Waals surface area contributed by atoms with Crippen LogP contribution in [0.2, 0.25) is 0 Å². The molecule has 1 saturated heterocycles. The first-order valence-corrected chi connectivity index (χ1v) is 14.2. The van der Waals surface area contributed by atoms with Gasteiger partial charge in [-0.25, -0.2) is 9.37 Å². The third-order valence-corrected chi connectivity index (χ3v) is 7.84. The van der Waals surface area contributed by atoms with E-state index in [-0.39, 0.29) is 5.82 Å². The number of fused-ring (bicyclic) bond motifs is 1. The number of nitrogens with zero attached hydrogens (tertiary/aromatic N) is 5. The van der Waals surface area contributed by atoms with Crippen molar-refractivity contribution in [3.63, 3.8) is 0 Å². The van der Waals surface area contributed by atoms with Gasteiger partial charge in [0.1, 0.15) is 17.2 Å². The predicted octanol–water partition coefficient (Wildman–Crippen LogP) is 6.78. The maximum Gasteiger partial charge on any atom is 0.159 e. The summed E-state index contributed by atoms with van der Waals surface area (Å²) in [4.78, 5) is 19.7. The molecular weight excluding hydrogens is 513 g/mol. The summed E-state index contributed by atoms with van der Waals surface area (Å²) >= 11 is 0. The molecule has 7 nitrogen and oxygen atoms in total. The largest absolute Gasteiger partial charge is 0.340 e. The Labute approximate surface area is 239 Å². The minimum Gasteiger partial charge on any atom is -0.340 e. The molecule has 1 fully saturated rings. The van der Waals surface area contributed by atoms with Crippen LogP contribution in [-0.4, -0.2) is 55.4 Å². The predicted molar refractivity (Wildman–Crippen MR) is 163 cm³/mol. The number of nitrogens with one attached hydrogen (secondary N) is 2. The van der Waals surface area contributed by atoms with Crippen molar-refractivity contribution in [1.82, 2.24) is 30.0 Å². The number of imidazole rings is 1. The van der Waals surface area contributed by atoms with E-state index >= 15 is 0 Å². The minimum absolute atomic E-state index is 0.277. The second-order valence-corrected chi connectivity index (χ2v) is 10.7. The molecule has 0 unspecified atom stereocenters. The normalized spacial score (nSPS) is 14.3. The Kier molecular flexibility index (Phi) is 7.57. The van der Waals surface area contributed by atoms with Gasteiger partial charge in [0.2, 0.25) is 0 Å². The summed E-state index contributed by atoms with van der Waals surface area (Å²) in [6.45, 7) is 11.2. The van der Waals surface area contributed by atoms with Gasteiger partial charge < -0.3 is 9.88 Å². The molecule has 5 aromatic rings. The Bertz CT molecular complexity index is 1740. The zero-order valence-corrected chi connectivity index (χ0v) is 23.5. The number of rotatable bonds is 9. The minimum atomic E-state index is -0.277. The third-order valence-electron chi connectivity index (χ3n) is 7.84. The Hall–Kier alpha value is -4.43. The topological polar surface area (TPSA) is 85.8 Å². The molecule has 0 amide bonds. The number of likely N-dealkylation sites (tertiary alicyclic amines) is 1. The van der Waals surface area contributed by atoms with E-state index in [2.05, 4.69) is 55.7 Å². The molecule has 0 radical (unpaired) electrons. The van der Waals surface area contributed by atoms with E-state index in [1.807, 2.05) is 31.3 Å². The molecular formula is C33H34FN7. The van der Waals surface area contributed by atoms with E-state index < -0.39 is 0 Å². The van der Waals surface area contributed by atoms with Crippen molar-refractivity contribution in [3.05, 3.63) is 102 Å². The highest BCUT2D eigenvalue weighted by Crippen LogP contribution is 2.31. The summed E-state index contributed by atoms with van der Waals surface area (Å²) in [6, 6.07) is 13.4. The molecule has 208 valence electrons. The molecule has 0 bridgehead atoms. The number of aryl methyl sites for hydroxylation is 3. The van der Waals surface area contributed by atoms with Crippen molar-refractivity contribution in [3.8, 4) is 22.6 Å². The summed E-state index contributed by atoms with van der Waals surface area (Å²) in [6.07, 6.45) is 9.51. The molecule has 3 aromatic heterocycles. The second-order valence-electron chi connectivity index (χ2n) is 10.7. The van der Waals surface area contributed by atoms with Gasteiger partial charge in [-0.05, 0) is 112 Å². The van der Waals surface area contributed by atoms with Crippen LogP contribution in [0.15, 0.2) is 72.6 Å². The lowest BCUT2D eigenvalue weighted by Crippen LogP contribution is -2.20. The van der Waals surface area contributed by atoms with Gasteiger partial charge in [-0.2, -0.15) is 5.10 Å². The molecule has 0 aliphatic carbocycles. The molecule has 0 atom stereocenters. The van der Waals surface area contributed by atoms with E-state index in [9.17, 15) is 4.39 Å². The summed E-state index contributed by atoms with van der Waals surface area (Å²) < 4.78 is 14.8. The first-order valence-electron chi connectivity index (χ1n) is 14.2. The van der Waals surface area contributed by atoms with Gasteiger partial charge in [0.05, 0.1) is 11.2 Å². The van der Waals surface area contributed by atoms with Crippen molar-refractivity contribution < 1.29 is 4.39 Å². The quantitative estimate of drug-likeness (QED) is 0.199. The molecule has 0 spiro atoms. The van der Waals surface area contributed by atoms with Crippen molar-refractivity contribution in [2.24, 2.45) is 4.99 Å². The molecule has 41 heavy (non-hydrogen) atoms. The number of aromatic amines is 2. The highest BCUT2D eigenvalue weighted by molar-refractivity contribution is 6.13. The van der Waals surface area contributed by atoms with E-state index in [4.69, 9.17) is 4.98 Å². The number of hydrogen-bond donors (Lipinski definition) is 2. The van der Waals surface area contributed by atoms with Crippen LogP contribution in [0.3, 0.4) is 0 Å². The number of halogens is 1. The standard InChI is InChI=1S/C33H34FN7/c1-4-36-31(25-16-23(17-26(34)18-25)8-7-15-41-13-5-6-14-41)30-22(3)37-33(38-30)32-27-19-24(9-10-29(27)39-40-32)28-20-35-12-11-21(28)2/h4,9-12,16-20H,1,5-8,13-15H2,2-3H3,(H,37,38)(H,39,40). The summed E-state index contributed by atoms with van der Waals surface area (Å²) in [5, 5.41) is 8.66. The average molecular weight is 548 g/mol. The fraction of sp³-hybridized carbons (Fsp3) is 0.273. The molecule has 1 aliphatic rings. The van der Waals surface area contributed by atoms with Gasteiger partial charge >= 0.3 is 0 Å². The van der Waals surface area contributed by atoms with Crippen LogP contribution in [0.1, 0.15) is 47.3 Å². The van der Waals surface area contributed by atoms with Crippen molar-refractivity contribution in [1.29, 1.82) is 0 Å². The van der Waals surface area contributed by atoms with Crippen molar-refractivity contribution in [2.45, 2.75) is 39.5 Å². The van der Waals surface area contributed by atoms with E-state index in [1.54, 1.807) is 12.3 Å². The maximum atomic E-state index is 14.8. The zero-order valence-electron chi connectivity index (χ0n) is 23.5. The molecule has 2 N–H and O–H groups in total. The van der Waals surface area contributed by atoms with E-state index in [0.29, 0.717) is 28.5 Å². The van der Waals surface area contributed by atoms with Crippen LogP contribution in [0.4, 0.5) is 4.39 Å². The summed E-state index contributed by atoms with van der Waals surface area (Å²) in [5.74, 6) is 0.336. The van der Waals surface area contributed by atoms with Crippen LogP contribution in [0.5, 0.6) is 0 Å². The van der Waals surface area contributed by atoms with E-state index in [1.165, 1.54) is 38.2 Å². The fourth-order valence-electron chi connectivity index (χ4n) is 5.74. The molecule has 8 heteroatoms. The van der Waals surface area contributed by atoms with Gasteiger partial charge in [-0.15, -0.1) is 0 Å². The summed E-state index contributed by atoms with van der Waals surface area (Å²) in [7, 11) is 0. The van der Waals surface area contributed by atoms with Gasteiger partial charge in [0.15, 0.2) is 5.82 Å². The molecule has 1 aliphatic heterocycles. The maximum absolute atomic E-state index is 14.8. The van der Waals surface area contributed by atoms with Crippen LogP contribution in [0.25, 0.3) is 33.5 Å². The van der Waals surface area contributed by atoms with Crippen LogP contribution < -0.4 is 0 Å². The lowest BCUT2D eigenvalue weighted by molar-refractivity contribution is 0.334. The Balaban J connectivity index is 1.32. The molecule has 0 saturated carbocycles. The highest BCUT2D eigenvalue weighted by Gasteiger charge is 2.20. The Morgan fingerprint density at radius 3 is 2.78 bits per heavy atom. The highest BCUT2D eigenvalue weighted by atomic mass is 19.1. The lowest BCUT2D eigenvalue weighted by atomic mass is 10.0. The average Bonchev–Trinajstić information content (AvgIpc) is 3.72. The van der Waals surface area contributed by atoms with Crippen molar-refractivity contribution >= 4 is 16.6 Å². The lowest BCUT2D eigenvalue weighted by Gasteiger charge is -2.14. The monoisotopic (exact) mass is 547 g/mol. The Morgan fingerprint density at radius 1 is 1.12 bits per heavy atom. The number of hydrogen-bond acceptors (Lipinski definition) is 5. The summed E-state index contributed by atoms with van der Waals surface area (Å²) in [5.41, 5.74) is 8.56. The number of benzene rings is 2. The SMILES string of the molecule is C=CN=C(c1cc(F)cc(CCCN2CCCC2)c1)c1nc(-c2n[nH]c3ccc(-c4cnccc4C)cc23)[nH]c1C. The molecule has 4 heterocycles. The van der Waals surface area contributed by atoms with Crippen LogP contribution in [0, 0.1) is 19.7 Å². The number of H-pyrrole nitrogens is 2. The molecule has 2 aromatic carbocycles. The van der Waals surface area contributed by atoms with Crippen LogP contribution >= 0.6 is 0 Å². The van der Waals surface area contributed by atoms with E-state index in [0.717, 1.165) is 58.2 Å². The second kappa shape index (κ2) is 11.6.